The second-order valence-electron chi connectivity index (χ2n) is 6.70. The first-order valence-corrected chi connectivity index (χ1v) is 9.09. The number of nitrogens with one attached hydrogen (secondary N) is 1. The minimum absolute atomic E-state index is 0.0558. The number of rotatable bonds is 5. The molecule has 0 radical (unpaired) electrons. The van der Waals surface area contributed by atoms with E-state index in [2.05, 4.69) is 25.4 Å². The molecule has 0 atom stereocenters. The third kappa shape index (κ3) is 3.84. The number of aromatic nitrogens is 4. The molecule has 1 saturated heterocycles. The number of piperidine rings is 1. The predicted molar refractivity (Wildman–Crippen MR) is 102 cm³/mol. The van der Waals surface area contributed by atoms with Crippen LogP contribution in [0.2, 0.25) is 0 Å². The number of benzene rings is 1. The molecule has 10 nitrogen and oxygen atoms in total. The number of hydrogen-bond acceptors (Lipinski definition) is 9. The van der Waals surface area contributed by atoms with Crippen LogP contribution in [-0.2, 0) is 0 Å². The molecule has 3 heterocycles. The van der Waals surface area contributed by atoms with E-state index in [1.54, 1.807) is 13.0 Å². The molecule has 0 amide bonds. The van der Waals surface area contributed by atoms with E-state index in [4.69, 9.17) is 4.52 Å². The number of anilines is 3. The van der Waals surface area contributed by atoms with Crippen molar-refractivity contribution in [2.45, 2.75) is 25.7 Å². The van der Waals surface area contributed by atoms with Crippen molar-refractivity contribution in [3.8, 4) is 0 Å². The lowest BCUT2D eigenvalue weighted by molar-refractivity contribution is -0.383. The molecule has 0 saturated carbocycles. The monoisotopic (exact) mass is 399 g/mol. The van der Waals surface area contributed by atoms with E-state index in [1.165, 1.54) is 24.5 Å². The molecule has 0 aliphatic carbocycles. The Kier molecular flexibility index (Phi) is 5.02. The van der Waals surface area contributed by atoms with E-state index in [1.807, 2.05) is 4.90 Å². The average molecular weight is 399 g/mol. The number of nitro groups is 1. The summed E-state index contributed by atoms with van der Waals surface area (Å²) in [6.45, 7) is 2.82. The van der Waals surface area contributed by atoms with Gasteiger partial charge in [-0.3, -0.25) is 10.1 Å². The Morgan fingerprint density at radius 1 is 1.28 bits per heavy atom. The molecule has 29 heavy (non-hydrogen) atoms. The van der Waals surface area contributed by atoms with Crippen LogP contribution in [0.5, 0.6) is 0 Å². The van der Waals surface area contributed by atoms with Crippen molar-refractivity contribution in [2.24, 2.45) is 0 Å². The highest BCUT2D eigenvalue weighted by Crippen LogP contribution is 2.37. The van der Waals surface area contributed by atoms with Gasteiger partial charge in [0.05, 0.1) is 10.6 Å². The third-order valence-electron chi connectivity index (χ3n) is 4.80. The summed E-state index contributed by atoms with van der Waals surface area (Å²) in [6.07, 6.45) is 2.62. The van der Waals surface area contributed by atoms with Gasteiger partial charge in [-0.1, -0.05) is 17.3 Å². The third-order valence-corrected chi connectivity index (χ3v) is 4.80. The highest BCUT2D eigenvalue weighted by atomic mass is 19.1. The molecule has 150 valence electrons. The smallest absolute Gasteiger partial charge is 0.351 e. The second kappa shape index (κ2) is 7.78. The van der Waals surface area contributed by atoms with Crippen molar-refractivity contribution in [1.82, 2.24) is 20.1 Å². The summed E-state index contributed by atoms with van der Waals surface area (Å²) in [4.78, 5) is 25.4. The van der Waals surface area contributed by atoms with Crippen molar-refractivity contribution in [1.29, 1.82) is 0 Å². The molecule has 1 fully saturated rings. The molecular formula is C18H18FN7O3. The van der Waals surface area contributed by atoms with Gasteiger partial charge in [0.2, 0.25) is 17.5 Å². The maximum Gasteiger partial charge on any atom is 0.353 e. The summed E-state index contributed by atoms with van der Waals surface area (Å²) < 4.78 is 19.2. The zero-order valence-corrected chi connectivity index (χ0v) is 15.6. The SMILES string of the molecule is Cc1noc(C2CCN(c3ncnc(Nc4ccccc4F)c3[N+](=O)[O-])CC2)n1. The van der Waals surface area contributed by atoms with E-state index in [0.717, 1.165) is 0 Å². The largest absolute Gasteiger partial charge is 0.353 e. The molecule has 1 aliphatic rings. The lowest BCUT2D eigenvalue weighted by atomic mass is 9.96. The molecule has 2 aromatic heterocycles. The van der Waals surface area contributed by atoms with Crippen LogP contribution in [0.1, 0.15) is 30.5 Å². The molecular weight excluding hydrogens is 381 g/mol. The number of hydrogen-bond donors (Lipinski definition) is 1. The summed E-state index contributed by atoms with van der Waals surface area (Å²) >= 11 is 0. The Balaban J connectivity index is 1.58. The minimum atomic E-state index is -0.550. The molecule has 3 aromatic rings. The molecule has 1 N–H and O–H groups in total. The highest BCUT2D eigenvalue weighted by Gasteiger charge is 2.32. The van der Waals surface area contributed by atoms with Crippen LogP contribution >= 0.6 is 0 Å². The highest BCUT2D eigenvalue weighted by molar-refractivity contribution is 5.74. The molecule has 0 bridgehead atoms. The molecule has 0 spiro atoms. The second-order valence-corrected chi connectivity index (χ2v) is 6.70. The lowest BCUT2D eigenvalue weighted by Crippen LogP contribution is -2.34. The van der Waals surface area contributed by atoms with E-state index >= 15 is 0 Å². The zero-order valence-electron chi connectivity index (χ0n) is 15.6. The van der Waals surface area contributed by atoms with E-state index in [9.17, 15) is 14.5 Å². The zero-order chi connectivity index (χ0) is 20.4. The normalized spacial score (nSPS) is 14.8. The van der Waals surface area contributed by atoms with Crippen molar-refractivity contribution in [3.63, 3.8) is 0 Å². The van der Waals surface area contributed by atoms with E-state index in [0.29, 0.717) is 37.6 Å². The van der Waals surface area contributed by atoms with Gasteiger partial charge in [0.1, 0.15) is 12.1 Å². The van der Waals surface area contributed by atoms with Crippen LogP contribution in [0.3, 0.4) is 0 Å². The standard InChI is InChI=1S/C18H18FN7O3/c1-11-22-18(29-24-11)12-6-8-25(9-7-12)17-15(26(27)28)16(20-10-21-17)23-14-5-3-2-4-13(14)19/h2-5,10,12H,6-9H2,1H3,(H,20,21,23). The van der Waals surface area contributed by atoms with Gasteiger partial charge in [0, 0.05) is 19.0 Å². The summed E-state index contributed by atoms with van der Waals surface area (Å²) in [5, 5.41) is 18.3. The maximum atomic E-state index is 14.0. The van der Waals surface area contributed by atoms with Crippen molar-refractivity contribution in [2.75, 3.05) is 23.3 Å². The van der Waals surface area contributed by atoms with Crippen molar-refractivity contribution >= 4 is 23.0 Å². The fourth-order valence-electron chi connectivity index (χ4n) is 3.37. The lowest BCUT2D eigenvalue weighted by Gasteiger charge is -2.30. The number of nitrogens with zero attached hydrogens (tertiary/aromatic N) is 6. The Bertz CT molecular complexity index is 1030. The fourth-order valence-corrected chi connectivity index (χ4v) is 3.37. The summed E-state index contributed by atoms with van der Waals surface area (Å²) in [5.41, 5.74) is -0.187. The Morgan fingerprint density at radius 3 is 2.69 bits per heavy atom. The van der Waals surface area contributed by atoms with Gasteiger partial charge in [-0.05, 0) is 31.9 Å². The van der Waals surface area contributed by atoms with Crippen LogP contribution in [0.25, 0.3) is 0 Å². The molecule has 11 heteroatoms. The first-order valence-electron chi connectivity index (χ1n) is 9.09. The first kappa shape index (κ1) is 18.7. The topological polar surface area (TPSA) is 123 Å². The van der Waals surface area contributed by atoms with Crippen LogP contribution in [-0.4, -0.2) is 38.1 Å². The fraction of sp³-hybridized carbons (Fsp3) is 0.333. The Morgan fingerprint density at radius 2 is 2.03 bits per heavy atom. The van der Waals surface area contributed by atoms with Gasteiger partial charge in [0.25, 0.3) is 0 Å². The molecule has 4 rings (SSSR count). The number of aryl methyl sites for hydroxylation is 1. The first-order chi connectivity index (χ1) is 14.0. The van der Waals surface area contributed by atoms with Crippen LogP contribution in [0.15, 0.2) is 35.1 Å². The van der Waals surface area contributed by atoms with Crippen LogP contribution in [0, 0.1) is 22.9 Å². The summed E-state index contributed by atoms with van der Waals surface area (Å²) in [5.74, 6) is 0.879. The Labute approximate surface area is 164 Å². The number of para-hydroxylation sites is 1. The van der Waals surface area contributed by atoms with Crippen LogP contribution < -0.4 is 10.2 Å². The van der Waals surface area contributed by atoms with Crippen molar-refractivity contribution in [3.05, 3.63) is 58.2 Å². The quantitative estimate of drug-likeness (QED) is 0.508. The van der Waals surface area contributed by atoms with Crippen LogP contribution in [0.4, 0.5) is 27.4 Å². The van der Waals surface area contributed by atoms with Gasteiger partial charge in [-0.25, -0.2) is 14.4 Å². The molecule has 0 unspecified atom stereocenters. The van der Waals surface area contributed by atoms with Gasteiger partial charge >= 0.3 is 5.69 Å². The van der Waals surface area contributed by atoms with Gasteiger partial charge in [-0.2, -0.15) is 4.98 Å². The minimum Gasteiger partial charge on any atom is -0.351 e. The van der Waals surface area contributed by atoms with Crippen molar-refractivity contribution < 1.29 is 13.8 Å². The Hall–Kier alpha value is -3.63. The van der Waals surface area contributed by atoms with E-state index < -0.39 is 10.7 Å². The number of halogens is 1. The predicted octanol–water partition coefficient (Wildman–Crippen LogP) is 3.34. The molecule has 1 aromatic carbocycles. The summed E-state index contributed by atoms with van der Waals surface area (Å²) in [7, 11) is 0. The van der Waals surface area contributed by atoms with E-state index in [-0.39, 0.29) is 28.9 Å². The van der Waals surface area contributed by atoms with Gasteiger partial charge in [-0.15, -0.1) is 0 Å². The van der Waals surface area contributed by atoms with Gasteiger partial charge in [0.15, 0.2) is 5.82 Å². The average Bonchev–Trinajstić information content (AvgIpc) is 3.16. The molecule has 1 aliphatic heterocycles. The summed E-state index contributed by atoms with van der Waals surface area (Å²) in [6, 6.07) is 5.91. The maximum absolute atomic E-state index is 14.0. The van der Waals surface area contributed by atoms with Gasteiger partial charge < -0.3 is 14.7 Å².